The fourth-order valence-electron chi connectivity index (χ4n) is 1.57. The van der Waals surface area contributed by atoms with Crippen molar-refractivity contribution in [3.8, 4) is 11.5 Å². The molecule has 0 radical (unpaired) electrons. The molecule has 5 heteroatoms. The number of hydrogen-bond acceptors (Lipinski definition) is 4. The van der Waals surface area contributed by atoms with Crippen molar-refractivity contribution >= 4 is 12.1 Å². The van der Waals surface area contributed by atoms with Crippen LogP contribution in [0.4, 0.5) is 0 Å². The normalized spacial score (nSPS) is 10.8. The van der Waals surface area contributed by atoms with Crippen LogP contribution in [0.3, 0.4) is 0 Å². The SMILES string of the molecule is CCC(C=NNC(=O)COc1ccc(OC)cc1)CC. The van der Waals surface area contributed by atoms with Gasteiger partial charge in [0.05, 0.1) is 7.11 Å². The lowest BCUT2D eigenvalue weighted by Gasteiger charge is -2.07. The first-order valence-corrected chi connectivity index (χ1v) is 6.78. The maximum atomic E-state index is 11.5. The molecule has 0 aromatic heterocycles. The van der Waals surface area contributed by atoms with Crippen molar-refractivity contribution in [3.63, 3.8) is 0 Å². The minimum atomic E-state index is -0.275. The van der Waals surface area contributed by atoms with Crippen molar-refractivity contribution in [1.82, 2.24) is 5.43 Å². The van der Waals surface area contributed by atoms with Crippen LogP contribution in [0.1, 0.15) is 26.7 Å². The second kappa shape index (κ2) is 8.96. The predicted octanol–water partition coefficient (Wildman–Crippen LogP) is 2.61. The van der Waals surface area contributed by atoms with Gasteiger partial charge in [0.2, 0.25) is 0 Å². The first-order chi connectivity index (χ1) is 9.69. The first-order valence-electron chi connectivity index (χ1n) is 6.78. The molecule has 110 valence electrons. The Bertz CT molecular complexity index is 425. The molecule has 1 N–H and O–H groups in total. The maximum absolute atomic E-state index is 11.5. The van der Waals surface area contributed by atoms with E-state index >= 15 is 0 Å². The molecule has 0 unspecified atom stereocenters. The molecule has 0 aliphatic carbocycles. The number of nitrogens with zero attached hydrogens (tertiary/aromatic N) is 1. The lowest BCUT2D eigenvalue weighted by atomic mass is 10.1. The Balaban J connectivity index is 2.32. The summed E-state index contributed by atoms with van der Waals surface area (Å²) < 4.78 is 10.4. The zero-order valence-electron chi connectivity index (χ0n) is 12.3. The highest BCUT2D eigenvalue weighted by atomic mass is 16.5. The zero-order valence-corrected chi connectivity index (χ0v) is 12.3. The summed E-state index contributed by atoms with van der Waals surface area (Å²) in [5.74, 6) is 1.49. The van der Waals surface area contributed by atoms with E-state index in [0.29, 0.717) is 11.7 Å². The van der Waals surface area contributed by atoms with E-state index in [4.69, 9.17) is 9.47 Å². The second-order valence-corrected chi connectivity index (χ2v) is 4.35. The number of methoxy groups -OCH3 is 1. The van der Waals surface area contributed by atoms with E-state index in [-0.39, 0.29) is 12.5 Å². The van der Waals surface area contributed by atoms with Crippen LogP contribution in [0.15, 0.2) is 29.4 Å². The highest BCUT2D eigenvalue weighted by Gasteiger charge is 2.02. The number of carbonyl (C=O) groups is 1. The number of ether oxygens (including phenoxy) is 2. The molecule has 0 heterocycles. The van der Waals surface area contributed by atoms with Crippen LogP contribution < -0.4 is 14.9 Å². The van der Waals surface area contributed by atoms with Gasteiger partial charge in [0, 0.05) is 6.21 Å². The van der Waals surface area contributed by atoms with Crippen molar-refractivity contribution in [2.45, 2.75) is 26.7 Å². The van der Waals surface area contributed by atoms with Crippen LogP contribution in [0.5, 0.6) is 11.5 Å². The van der Waals surface area contributed by atoms with Gasteiger partial charge in [-0.3, -0.25) is 4.79 Å². The summed E-state index contributed by atoms with van der Waals surface area (Å²) in [6.07, 6.45) is 3.79. The lowest BCUT2D eigenvalue weighted by Crippen LogP contribution is -2.25. The molecule has 0 bridgehead atoms. The zero-order chi connectivity index (χ0) is 14.8. The third-order valence-electron chi connectivity index (χ3n) is 2.95. The van der Waals surface area contributed by atoms with Crippen molar-refractivity contribution in [2.75, 3.05) is 13.7 Å². The molecule has 0 saturated heterocycles. The number of nitrogens with one attached hydrogen (secondary N) is 1. The van der Waals surface area contributed by atoms with Crippen LogP contribution in [0, 0.1) is 5.92 Å². The number of hydrogen-bond donors (Lipinski definition) is 1. The first kappa shape index (κ1) is 16.0. The molecule has 0 atom stereocenters. The van der Waals surface area contributed by atoms with Gasteiger partial charge in [-0.2, -0.15) is 5.10 Å². The van der Waals surface area contributed by atoms with Gasteiger partial charge in [0.1, 0.15) is 11.5 Å². The van der Waals surface area contributed by atoms with E-state index < -0.39 is 0 Å². The third kappa shape index (κ3) is 5.73. The molecule has 1 rings (SSSR count). The summed E-state index contributed by atoms with van der Waals surface area (Å²) in [7, 11) is 1.60. The Morgan fingerprint density at radius 2 is 1.85 bits per heavy atom. The van der Waals surface area contributed by atoms with Crippen molar-refractivity contribution in [2.24, 2.45) is 11.0 Å². The van der Waals surface area contributed by atoms with Gasteiger partial charge >= 0.3 is 0 Å². The fourth-order valence-corrected chi connectivity index (χ4v) is 1.57. The lowest BCUT2D eigenvalue weighted by molar-refractivity contribution is -0.123. The topological polar surface area (TPSA) is 59.9 Å². The van der Waals surface area contributed by atoms with E-state index in [0.717, 1.165) is 18.6 Å². The van der Waals surface area contributed by atoms with Crippen molar-refractivity contribution in [1.29, 1.82) is 0 Å². The Labute approximate surface area is 120 Å². The molecule has 1 amide bonds. The van der Waals surface area contributed by atoms with Gasteiger partial charge in [-0.25, -0.2) is 5.43 Å². The molecular formula is C15H22N2O3. The Kier molecular flexibility index (Phi) is 7.17. The number of benzene rings is 1. The summed E-state index contributed by atoms with van der Waals surface area (Å²) >= 11 is 0. The second-order valence-electron chi connectivity index (χ2n) is 4.35. The van der Waals surface area contributed by atoms with E-state index in [2.05, 4.69) is 24.4 Å². The van der Waals surface area contributed by atoms with Crippen LogP contribution in [-0.4, -0.2) is 25.8 Å². The van der Waals surface area contributed by atoms with Crippen LogP contribution in [0.2, 0.25) is 0 Å². The number of carbonyl (C=O) groups excluding carboxylic acids is 1. The van der Waals surface area contributed by atoms with Gasteiger partial charge in [0.15, 0.2) is 6.61 Å². The summed E-state index contributed by atoms with van der Waals surface area (Å²) in [6.45, 7) is 4.12. The monoisotopic (exact) mass is 278 g/mol. The van der Waals surface area contributed by atoms with Crippen LogP contribution in [-0.2, 0) is 4.79 Å². The van der Waals surface area contributed by atoms with E-state index in [9.17, 15) is 4.79 Å². The minimum absolute atomic E-state index is 0.0629. The van der Waals surface area contributed by atoms with Gasteiger partial charge < -0.3 is 9.47 Å². The van der Waals surface area contributed by atoms with Crippen LogP contribution in [0.25, 0.3) is 0 Å². The quantitative estimate of drug-likeness (QED) is 0.587. The predicted molar refractivity (Wildman–Crippen MR) is 79.2 cm³/mol. The van der Waals surface area contributed by atoms with Crippen molar-refractivity contribution in [3.05, 3.63) is 24.3 Å². The molecular weight excluding hydrogens is 256 g/mol. The Morgan fingerprint density at radius 1 is 1.25 bits per heavy atom. The molecule has 1 aromatic carbocycles. The highest BCUT2D eigenvalue weighted by molar-refractivity contribution is 5.78. The van der Waals surface area contributed by atoms with E-state index in [1.54, 1.807) is 37.6 Å². The Hall–Kier alpha value is -2.04. The van der Waals surface area contributed by atoms with E-state index in [1.807, 2.05) is 0 Å². The summed E-state index contributed by atoms with van der Waals surface area (Å²) in [5.41, 5.74) is 2.46. The molecule has 5 nitrogen and oxygen atoms in total. The fraction of sp³-hybridized carbons (Fsp3) is 0.467. The number of rotatable bonds is 8. The number of hydrazone groups is 1. The highest BCUT2D eigenvalue weighted by Crippen LogP contribution is 2.16. The van der Waals surface area contributed by atoms with Crippen molar-refractivity contribution < 1.29 is 14.3 Å². The maximum Gasteiger partial charge on any atom is 0.277 e. The summed E-state index contributed by atoms with van der Waals surface area (Å²) in [5, 5.41) is 3.93. The van der Waals surface area contributed by atoms with Gasteiger partial charge in [-0.1, -0.05) is 13.8 Å². The summed E-state index contributed by atoms with van der Waals surface area (Å²) in [6, 6.07) is 7.05. The molecule has 0 aliphatic heterocycles. The largest absolute Gasteiger partial charge is 0.497 e. The molecule has 0 saturated carbocycles. The van der Waals surface area contributed by atoms with Gasteiger partial charge in [-0.15, -0.1) is 0 Å². The van der Waals surface area contributed by atoms with Crippen LogP contribution >= 0.6 is 0 Å². The molecule has 1 aromatic rings. The smallest absolute Gasteiger partial charge is 0.277 e. The molecule has 0 spiro atoms. The molecule has 0 fully saturated rings. The summed E-state index contributed by atoms with van der Waals surface area (Å²) in [4.78, 5) is 11.5. The van der Waals surface area contributed by atoms with Gasteiger partial charge in [-0.05, 0) is 43.0 Å². The molecule has 0 aliphatic rings. The standard InChI is InChI=1S/C15H22N2O3/c1-4-12(5-2)10-16-17-15(18)11-20-14-8-6-13(19-3)7-9-14/h6-10,12H,4-5,11H2,1-3H3,(H,17,18). The third-order valence-corrected chi connectivity index (χ3v) is 2.95. The molecule has 20 heavy (non-hydrogen) atoms. The van der Waals surface area contributed by atoms with E-state index in [1.165, 1.54) is 0 Å². The average Bonchev–Trinajstić information content (AvgIpc) is 2.50. The average molecular weight is 278 g/mol. The Morgan fingerprint density at radius 3 is 2.40 bits per heavy atom. The minimum Gasteiger partial charge on any atom is -0.497 e. The van der Waals surface area contributed by atoms with Gasteiger partial charge in [0.25, 0.3) is 5.91 Å². The number of amides is 1.